The summed E-state index contributed by atoms with van der Waals surface area (Å²) in [4.78, 5) is 2.50. The van der Waals surface area contributed by atoms with Crippen LogP contribution in [0.4, 0.5) is 0 Å². The smallest absolute Gasteiger partial charge is 0.0158 e. The van der Waals surface area contributed by atoms with Crippen LogP contribution in [0.2, 0.25) is 0 Å². The molecule has 0 unspecified atom stereocenters. The standard InChI is InChI=1S/C13H29N3/c1-12(2)6-10(11(8-14)9-15)7-13(3,4)16(12)5/h10-11H,6-9,14-15H2,1-5H3. The van der Waals surface area contributed by atoms with Gasteiger partial charge >= 0.3 is 0 Å². The van der Waals surface area contributed by atoms with Gasteiger partial charge in [0.05, 0.1) is 0 Å². The van der Waals surface area contributed by atoms with E-state index in [-0.39, 0.29) is 11.1 Å². The molecule has 1 aliphatic heterocycles. The Morgan fingerprint density at radius 3 is 1.75 bits per heavy atom. The van der Waals surface area contributed by atoms with Crippen molar-refractivity contribution in [3.05, 3.63) is 0 Å². The van der Waals surface area contributed by atoms with Crippen molar-refractivity contribution in [3.63, 3.8) is 0 Å². The normalized spacial score (nSPS) is 26.2. The highest BCUT2D eigenvalue weighted by Gasteiger charge is 2.44. The second-order valence-electron chi connectivity index (χ2n) is 6.58. The number of hydrogen-bond acceptors (Lipinski definition) is 3. The van der Waals surface area contributed by atoms with E-state index in [4.69, 9.17) is 11.5 Å². The quantitative estimate of drug-likeness (QED) is 0.766. The SMILES string of the molecule is CN1C(C)(C)CC(C(CN)CN)CC1(C)C. The van der Waals surface area contributed by atoms with Crippen LogP contribution in [0, 0.1) is 11.8 Å². The molecule has 0 amide bonds. The molecule has 1 saturated heterocycles. The fraction of sp³-hybridized carbons (Fsp3) is 1.00. The van der Waals surface area contributed by atoms with Gasteiger partial charge in [0.1, 0.15) is 0 Å². The van der Waals surface area contributed by atoms with Crippen LogP contribution >= 0.6 is 0 Å². The van der Waals surface area contributed by atoms with Gasteiger partial charge in [-0.15, -0.1) is 0 Å². The second kappa shape index (κ2) is 4.63. The predicted octanol–water partition coefficient (Wildman–Crippen LogP) is 1.42. The molecule has 0 aromatic heterocycles. The Bertz CT molecular complexity index is 213. The van der Waals surface area contributed by atoms with Gasteiger partial charge in [0.15, 0.2) is 0 Å². The summed E-state index contributed by atoms with van der Waals surface area (Å²) >= 11 is 0. The summed E-state index contributed by atoms with van der Waals surface area (Å²) < 4.78 is 0. The number of nitrogens with zero attached hydrogens (tertiary/aromatic N) is 1. The van der Waals surface area contributed by atoms with Crippen molar-refractivity contribution in [3.8, 4) is 0 Å². The highest BCUT2D eigenvalue weighted by Crippen LogP contribution is 2.42. The summed E-state index contributed by atoms with van der Waals surface area (Å²) in [5, 5.41) is 0. The minimum absolute atomic E-state index is 0.245. The molecule has 4 N–H and O–H groups in total. The van der Waals surface area contributed by atoms with Gasteiger partial charge in [0.25, 0.3) is 0 Å². The van der Waals surface area contributed by atoms with Crippen LogP contribution in [0.25, 0.3) is 0 Å². The lowest BCUT2D eigenvalue weighted by Gasteiger charge is -2.55. The maximum absolute atomic E-state index is 5.83. The molecule has 0 aromatic carbocycles. The Hall–Kier alpha value is -0.120. The molecule has 0 spiro atoms. The average Bonchev–Trinajstić information content (AvgIpc) is 2.15. The lowest BCUT2D eigenvalue weighted by molar-refractivity contribution is -0.0422. The zero-order valence-corrected chi connectivity index (χ0v) is 11.6. The molecule has 16 heavy (non-hydrogen) atoms. The highest BCUT2D eigenvalue weighted by molar-refractivity contribution is 4.99. The van der Waals surface area contributed by atoms with Gasteiger partial charge < -0.3 is 11.5 Å². The summed E-state index contributed by atoms with van der Waals surface area (Å²) in [6, 6.07) is 0. The van der Waals surface area contributed by atoms with Gasteiger partial charge in [-0.25, -0.2) is 0 Å². The molecule has 0 aromatic rings. The molecule has 1 fully saturated rings. The summed E-state index contributed by atoms with van der Waals surface area (Å²) in [5.74, 6) is 1.14. The lowest BCUT2D eigenvalue weighted by atomic mass is 9.69. The molecule has 1 rings (SSSR count). The maximum atomic E-state index is 5.83. The van der Waals surface area contributed by atoms with E-state index in [2.05, 4.69) is 39.6 Å². The maximum Gasteiger partial charge on any atom is 0.0158 e. The Morgan fingerprint density at radius 1 is 1.06 bits per heavy atom. The van der Waals surface area contributed by atoms with Crippen molar-refractivity contribution in [2.75, 3.05) is 20.1 Å². The summed E-state index contributed by atoms with van der Waals surface area (Å²) in [7, 11) is 2.23. The Kier molecular flexibility index (Phi) is 4.04. The second-order valence-corrected chi connectivity index (χ2v) is 6.58. The molecule has 96 valence electrons. The molecule has 0 radical (unpaired) electrons. The van der Waals surface area contributed by atoms with Crippen molar-refractivity contribution in [2.45, 2.75) is 51.6 Å². The minimum atomic E-state index is 0.245. The number of nitrogens with two attached hydrogens (primary N) is 2. The van der Waals surface area contributed by atoms with Gasteiger partial charge in [-0.2, -0.15) is 0 Å². The molecule has 0 atom stereocenters. The fourth-order valence-electron chi connectivity index (χ4n) is 3.26. The molecule has 0 bridgehead atoms. The molecule has 0 saturated carbocycles. The summed E-state index contributed by atoms with van der Waals surface area (Å²) in [5.41, 5.74) is 12.2. The number of hydrogen-bond donors (Lipinski definition) is 2. The van der Waals surface area contributed by atoms with Gasteiger partial charge in [-0.3, -0.25) is 4.90 Å². The third-order valence-electron chi connectivity index (χ3n) is 4.61. The van der Waals surface area contributed by atoms with Crippen molar-refractivity contribution in [2.24, 2.45) is 23.3 Å². The average molecular weight is 227 g/mol. The van der Waals surface area contributed by atoms with Crippen LogP contribution < -0.4 is 11.5 Å². The van der Waals surface area contributed by atoms with E-state index in [9.17, 15) is 0 Å². The van der Waals surface area contributed by atoms with Crippen LogP contribution in [0.1, 0.15) is 40.5 Å². The van der Waals surface area contributed by atoms with Gasteiger partial charge in [0, 0.05) is 11.1 Å². The van der Waals surface area contributed by atoms with E-state index in [1.54, 1.807) is 0 Å². The van der Waals surface area contributed by atoms with E-state index >= 15 is 0 Å². The van der Waals surface area contributed by atoms with Crippen molar-refractivity contribution >= 4 is 0 Å². The van der Waals surface area contributed by atoms with Crippen molar-refractivity contribution < 1.29 is 0 Å². The molecule has 1 aliphatic rings. The van der Waals surface area contributed by atoms with E-state index in [1.807, 2.05) is 0 Å². The lowest BCUT2D eigenvalue weighted by Crippen LogP contribution is -2.60. The number of likely N-dealkylation sites (tertiary alicyclic amines) is 1. The zero-order valence-electron chi connectivity index (χ0n) is 11.6. The van der Waals surface area contributed by atoms with E-state index < -0.39 is 0 Å². The monoisotopic (exact) mass is 227 g/mol. The molecule has 3 heteroatoms. The van der Waals surface area contributed by atoms with E-state index in [0.717, 1.165) is 13.1 Å². The topological polar surface area (TPSA) is 55.3 Å². The first-order valence-corrected chi connectivity index (χ1v) is 6.38. The molecular weight excluding hydrogens is 198 g/mol. The van der Waals surface area contributed by atoms with Gasteiger partial charge in [-0.05, 0) is 72.5 Å². The third-order valence-corrected chi connectivity index (χ3v) is 4.61. The largest absolute Gasteiger partial charge is 0.330 e. The Balaban J connectivity index is 2.86. The van der Waals surface area contributed by atoms with Gasteiger partial charge in [-0.1, -0.05) is 0 Å². The number of piperidine rings is 1. The van der Waals surface area contributed by atoms with Crippen LogP contribution in [0.3, 0.4) is 0 Å². The molecular formula is C13H29N3. The van der Waals surface area contributed by atoms with Crippen molar-refractivity contribution in [1.29, 1.82) is 0 Å². The highest BCUT2D eigenvalue weighted by atomic mass is 15.2. The first-order chi connectivity index (χ1) is 7.24. The van der Waals surface area contributed by atoms with Gasteiger partial charge in [0.2, 0.25) is 0 Å². The Labute approximate surface area is 101 Å². The molecule has 1 heterocycles. The molecule has 0 aliphatic carbocycles. The number of rotatable bonds is 3. The molecule has 3 nitrogen and oxygen atoms in total. The van der Waals surface area contributed by atoms with Crippen LogP contribution in [0.5, 0.6) is 0 Å². The summed E-state index contributed by atoms with van der Waals surface area (Å²) in [6.45, 7) is 10.7. The third kappa shape index (κ3) is 2.58. The van der Waals surface area contributed by atoms with Crippen molar-refractivity contribution in [1.82, 2.24) is 4.90 Å². The fourth-order valence-corrected chi connectivity index (χ4v) is 3.26. The van der Waals surface area contributed by atoms with Crippen LogP contribution in [-0.4, -0.2) is 36.1 Å². The first-order valence-electron chi connectivity index (χ1n) is 6.38. The van der Waals surface area contributed by atoms with E-state index in [0.29, 0.717) is 11.8 Å². The van der Waals surface area contributed by atoms with Crippen LogP contribution in [0.15, 0.2) is 0 Å². The van der Waals surface area contributed by atoms with Crippen LogP contribution in [-0.2, 0) is 0 Å². The summed E-state index contributed by atoms with van der Waals surface area (Å²) in [6.07, 6.45) is 2.40. The Morgan fingerprint density at radius 2 is 1.44 bits per heavy atom. The predicted molar refractivity (Wildman–Crippen MR) is 70.2 cm³/mol. The zero-order chi connectivity index (χ0) is 12.6. The minimum Gasteiger partial charge on any atom is -0.330 e. The first kappa shape index (κ1) is 13.9. The van der Waals surface area contributed by atoms with E-state index in [1.165, 1.54) is 12.8 Å².